The highest BCUT2D eigenvalue weighted by Crippen LogP contribution is 2.23. The van der Waals surface area contributed by atoms with Gasteiger partial charge in [0.25, 0.3) is 0 Å². The number of nitrogens with zero attached hydrogens (tertiary/aromatic N) is 3. The Labute approximate surface area is 111 Å². The largest absolute Gasteiger partial charge is 0.436 e. The van der Waals surface area contributed by atoms with E-state index in [1.807, 2.05) is 26.2 Å². The van der Waals surface area contributed by atoms with Crippen molar-refractivity contribution in [1.82, 2.24) is 20.1 Å². The second kappa shape index (κ2) is 5.84. The van der Waals surface area contributed by atoms with Gasteiger partial charge in [-0.05, 0) is 19.5 Å². The van der Waals surface area contributed by atoms with Gasteiger partial charge in [-0.3, -0.25) is 4.68 Å². The number of aromatic nitrogens is 3. The van der Waals surface area contributed by atoms with E-state index >= 15 is 0 Å². The third-order valence-electron chi connectivity index (χ3n) is 2.43. The van der Waals surface area contributed by atoms with Crippen molar-refractivity contribution >= 4 is 11.6 Å². The maximum atomic E-state index is 6.03. The van der Waals surface area contributed by atoms with Crippen LogP contribution in [-0.4, -0.2) is 21.8 Å². The summed E-state index contributed by atoms with van der Waals surface area (Å²) in [7, 11) is 1.86. The van der Waals surface area contributed by atoms with Crippen molar-refractivity contribution in [3.05, 3.63) is 35.2 Å². The molecule has 96 valence electrons. The Hall–Kier alpha value is -1.59. The molecule has 0 amide bonds. The number of nitrogens with one attached hydrogen (secondary N) is 1. The van der Waals surface area contributed by atoms with Crippen LogP contribution in [0.15, 0.2) is 24.7 Å². The lowest BCUT2D eigenvalue weighted by Crippen LogP contribution is -2.06. The lowest BCUT2D eigenvalue weighted by atomic mass is 10.2. The van der Waals surface area contributed by atoms with Gasteiger partial charge >= 0.3 is 0 Å². The molecule has 0 saturated heterocycles. The fraction of sp³-hybridized carbons (Fsp3) is 0.333. The number of hydrogen-bond donors (Lipinski definition) is 1. The van der Waals surface area contributed by atoms with Gasteiger partial charge in [0, 0.05) is 25.4 Å². The van der Waals surface area contributed by atoms with Crippen LogP contribution in [0.5, 0.6) is 11.6 Å². The molecule has 1 N–H and O–H groups in total. The number of pyridine rings is 1. The summed E-state index contributed by atoms with van der Waals surface area (Å²) in [4.78, 5) is 4.13. The molecule has 2 aromatic heterocycles. The van der Waals surface area contributed by atoms with E-state index in [9.17, 15) is 0 Å². The van der Waals surface area contributed by atoms with Crippen LogP contribution in [0.4, 0.5) is 0 Å². The van der Waals surface area contributed by atoms with E-state index in [2.05, 4.69) is 15.4 Å². The molecule has 2 heterocycles. The van der Waals surface area contributed by atoms with Gasteiger partial charge in [0.15, 0.2) is 5.75 Å². The van der Waals surface area contributed by atoms with E-state index < -0.39 is 0 Å². The minimum absolute atomic E-state index is 0.514. The average Bonchev–Trinajstić information content (AvgIpc) is 2.81. The lowest BCUT2D eigenvalue weighted by Gasteiger charge is -2.06. The molecule has 2 rings (SSSR count). The molecule has 0 aromatic carbocycles. The molecule has 0 fully saturated rings. The zero-order chi connectivity index (χ0) is 13.0. The topological polar surface area (TPSA) is 52.0 Å². The van der Waals surface area contributed by atoms with Gasteiger partial charge in [-0.1, -0.05) is 11.6 Å². The molecule has 0 unspecified atom stereocenters. The number of hydrogen-bond acceptors (Lipinski definition) is 4. The maximum absolute atomic E-state index is 6.03. The number of rotatable bonds is 5. The first-order valence-electron chi connectivity index (χ1n) is 5.72. The predicted molar refractivity (Wildman–Crippen MR) is 70.0 cm³/mol. The van der Waals surface area contributed by atoms with Crippen molar-refractivity contribution in [3.63, 3.8) is 0 Å². The van der Waals surface area contributed by atoms with Crippen molar-refractivity contribution in [1.29, 1.82) is 0 Å². The zero-order valence-corrected chi connectivity index (χ0v) is 11.1. The van der Waals surface area contributed by atoms with Crippen LogP contribution in [0.1, 0.15) is 12.5 Å². The smallest absolute Gasteiger partial charge is 0.219 e. The standard InChI is InChI=1S/C12H15ClN4O/c1-3-17-8-10(6-16-17)18-12-4-9(5-14-2)11(13)7-15-12/h4,6-8,14H,3,5H2,1-2H3. The van der Waals surface area contributed by atoms with E-state index in [0.29, 0.717) is 23.2 Å². The molecule has 0 atom stereocenters. The third-order valence-corrected chi connectivity index (χ3v) is 2.77. The van der Waals surface area contributed by atoms with Gasteiger partial charge in [0.2, 0.25) is 5.88 Å². The van der Waals surface area contributed by atoms with Crippen molar-refractivity contribution in [3.8, 4) is 11.6 Å². The molecular formula is C12H15ClN4O. The summed E-state index contributed by atoms with van der Waals surface area (Å²) in [5.74, 6) is 1.18. The fourth-order valence-corrected chi connectivity index (χ4v) is 1.70. The Kier molecular flexibility index (Phi) is 4.17. The van der Waals surface area contributed by atoms with E-state index in [-0.39, 0.29) is 0 Å². The van der Waals surface area contributed by atoms with E-state index in [1.54, 1.807) is 17.1 Å². The van der Waals surface area contributed by atoms with Gasteiger partial charge in [-0.15, -0.1) is 0 Å². The van der Waals surface area contributed by atoms with Crippen molar-refractivity contribution in [2.24, 2.45) is 0 Å². The molecule has 6 heteroatoms. The van der Waals surface area contributed by atoms with Crippen molar-refractivity contribution in [2.75, 3.05) is 7.05 Å². The highest BCUT2D eigenvalue weighted by molar-refractivity contribution is 6.31. The molecule has 0 aliphatic heterocycles. The quantitative estimate of drug-likeness (QED) is 0.903. The van der Waals surface area contributed by atoms with Crippen LogP contribution in [0.25, 0.3) is 0 Å². The Morgan fingerprint density at radius 1 is 1.44 bits per heavy atom. The Balaban J connectivity index is 2.15. The van der Waals surface area contributed by atoms with Gasteiger partial charge in [-0.25, -0.2) is 4.98 Å². The zero-order valence-electron chi connectivity index (χ0n) is 10.4. The van der Waals surface area contributed by atoms with E-state index in [0.717, 1.165) is 12.1 Å². The predicted octanol–water partition coefficient (Wildman–Crippen LogP) is 2.46. The lowest BCUT2D eigenvalue weighted by molar-refractivity contribution is 0.460. The highest BCUT2D eigenvalue weighted by atomic mass is 35.5. The summed E-state index contributed by atoms with van der Waals surface area (Å²) in [5, 5.41) is 7.80. The summed E-state index contributed by atoms with van der Waals surface area (Å²) in [6.07, 6.45) is 5.08. The maximum Gasteiger partial charge on any atom is 0.219 e. The molecule has 5 nitrogen and oxygen atoms in total. The first-order valence-corrected chi connectivity index (χ1v) is 6.10. The number of ether oxygens (including phenoxy) is 1. The van der Waals surface area contributed by atoms with E-state index in [4.69, 9.17) is 16.3 Å². The second-order valence-corrected chi connectivity index (χ2v) is 4.19. The molecular weight excluding hydrogens is 252 g/mol. The normalized spacial score (nSPS) is 10.6. The van der Waals surface area contributed by atoms with E-state index in [1.165, 1.54) is 0 Å². The summed E-state index contributed by atoms with van der Waals surface area (Å²) in [5.41, 5.74) is 0.951. The Morgan fingerprint density at radius 3 is 2.94 bits per heavy atom. The van der Waals surface area contributed by atoms with Gasteiger partial charge in [0.1, 0.15) is 0 Å². The minimum atomic E-state index is 0.514. The van der Waals surface area contributed by atoms with Gasteiger partial charge < -0.3 is 10.1 Å². The first-order chi connectivity index (χ1) is 8.72. The SMILES string of the molecule is CCn1cc(Oc2cc(CNC)c(Cl)cn2)cn1. The van der Waals surface area contributed by atoms with Crippen molar-refractivity contribution < 1.29 is 4.74 Å². The number of aryl methyl sites for hydroxylation is 1. The molecule has 18 heavy (non-hydrogen) atoms. The molecule has 2 aromatic rings. The van der Waals surface area contributed by atoms with Crippen LogP contribution in [0, 0.1) is 0 Å². The Bertz CT molecular complexity index is 527. The van der Waals surface area contributed by atoms with Crippen LogP contribution in [0.3, 0.4) is 0 Å². The van der Waals surface area contributed by atoms with Crippen molar-refractivity contribution in [2.45, 2.75) is 20.0 Å². The summed E-state index contributed by atoms with van der Waals surface area (Å²) in [6, 6.07) is 1.82. The first kappa shape index (κ1) is 12.9. The fourth-order valence-electron chi connectivity index (χ4n) is 1.53. The third kappa shape index (κ3) is 3.00. The average molecular weight is 267 g/mol. The molecule has 0 bridgehead atoms. The minimum Gasteiger partial charge on any atom is -0.436 e. The van der Waals surface area contributed by atoms with Crippen LogP contribution in [0.2, 0.25) is 5.02 Å². The van der Waals surface area contributed by atoms with Gasteiger partial charge in [-0.2, -0.15) is 5.10 Å². The molecule has 0 aliphatic rings. The van der Waals surface area contributed by atoms with Crippen LogP contribution < -0.4 is 10.1 Å². The highest BCUT2D eigenvalue weighted by Gasteiger charge is 2.06. The van der Waals surface area contributed by atoms with Crippen LogP contribution in [-0.2, 0) is 13.1 Å². The molecule has 0 radical (unpaired) electrons. The monoisotopic (exact) mass is 266 g/mol. The number of halogens is 1. The van der Waals surface area contributed by atoms with Gasteiger partial charge in [0.05, 0.1) is 17.4 Å². The molecule has 0 saturated carbocycles. The van der Waals surface area contributed by atoms with Crippen LogP contribution >= 0.6 is 11.6 Å². The molecule has 0 spiro atoms. The summed E-state index contributed by atoms with van der Waals surface area (Å²) in [6.45, 7) is 3.50. The molecule has 0 aliphatic carbocycles. The summed E-state index contributed by atoms with van der Waals surface area (Å²) < 4.78 is 7.41. The Morgan fingerprint density at radius 2 is 2.28 bits per heavy atom. The second-order valence-electron chi connectivity index (χ2n) is 3.78. The summed E-state index contributed by atoms with van der Waals surface area (Å²) >= 11 is 6.03.